The Hall–Kier alpha value is -2.80. The summed E-state index contributed by atoms with van der Waals surface area (Å²) in [5.41, 5.74) is 1.55. The molecular weight excluding hydrogens is 484 g/mol. The van der Waals surface area contributed by atoms with Gasteiger partial charge in [-0.05, 0) is 38.1 Å². The topological polar surface area (TPSA) is 123 Å². The van der Waals surface area contributed by atoms with Crippen LogP contribution in [0, 0.1) is 0 Å². The number of piperazine rings is 1. The number of rotatable bonds is 10. The van der Waals surface area contributed by atoms with Gasteiger partial charge in [-0.25, -0.2) is 13.4 Å². The van der Waals surface area contributed by atoms with Crippen molar-refractivity contribution in [3.05, 3.63) is 34.2 Å². The van der Waals surface area contributed by atoms with Crippen molar-refractivity contribution in [1.29, 1.82) is 0 Å². The summed E-state index contributed by atoms with van der Waals surface area (Å²) in [4.78, 5) is 22.9. The maximum absolute atomic E-state index is 13.5. The number of aromatic nitrogens is 4. The summed E-state index contributed by atoms with van der Waals surface area (Å²) >= 11 is 0. The number of H-pyrrole nitrogens is 1. The number of hydrogen-bond donors (Lipinski definition) is 1. The van der Waals surface area contributed by atoms with Crippen molar-refractivity contribution in [3.63, 3.8) is 0 Å². The van der Waals surface area contributed by atoms with Gasteiger partial charge in [-0.3, -0.25) is 9.48 Å². The van der Waals surface area contributed by atoms with E-state index in [1.54, 1.807) is 23.9 Å². The fourth-order valence-electron chi connectivity index (χ4n) is 4.48. The van der Waals surface area contributed by atoms with Crippen LogP contribution in [0.3, 0.4) is 0 Å². The van der Waals surface area contributed by atoms with Gasteiger partial charge in [-0.15, -0.1) is 0 Å². The van der Waals surface area contributed by atoms with Crippen LogP contribution in [0.25, 0.3) is 22.4 Å². The molecule has 4 rings (SSSR count). The van der Waals surface area contributed by atoms with Gasteiger partial charge in [0.2, 0.25) is 10.0 Å². The second-order valence-corrected chi connectivity index (χ2v) is 10.5. The Kier molecular flexibility index (Phi) is 8.08. The third kappa shape index (κ3) is 5.03. The molecule has 1 saturated heterocycles. The summed E-state index contributed by atoms with van der Waals surface area (Å²) < 4.78 is 41.1. The van der Waals surface area contributed by atoms with Crippen molar-refractivity contribution in [2.45, 2.75) is 38.6 Å². The van der Waals surface area contributed by atoms with E-state index in [1.807, 2.05) is 13.8 Å². The number of aryl methyl sites for hydroxylation is 1. The Labute approximate surface area is 211 Å². The minimum absolute atomic E-state index is 0.139. The first kappa shape index (κ1) is 26.3. The van der Waals surface area contributed by atoms with Gasteiger partial charge in [0, 0.05) is 33.3 Å². The lowest BCUT2D eigenvalue weighted by atomic mass is 10.1. The summed E-state index contributed by atoms with van der Waals surface area (Å²) in [6.07, 6.45) is 0.618. The van der Waals surface area contributed by atoms with E-state index in [2.05, 4.69) is 21.9 Å². The van der Waals surface area contributed by atoms with E-state index in [1.165, 1.54) is 10.4 Å². The molecule has 1 fully saturated rings. The highest BCUT2D eigenvalue weighted by Crippen LogP contribution is 2.32. The zero-order valence-electron chi connectivity index (χ0n) is 21.3. The summed E-state index contributed by atoms with van der Waals surface area (Å²) in [6.45, 7) is 10.3. The van der Waals surface area contributed by atoms with Gasteiger partial charge in [-0.1, -0.05) is 13.8 Å². The van der Waals surface area contributed by atoms with Crippen molar-refractivity contribution >= 4 is 21.1 Å². The molecule has 12 heteroatoms. The second kappa shape index (κ2) is 11.1. The highest BCUT2D eigenvalue weighted by atomic mass is 32.2. The summed E-state index contributed by atoms with van der Waals surface area (Å²) in [5.74, 6) is 0.685. The average Bonchev–Trinajstić information content (AvgIpc) is 3.25. The molecule has 0 aliphatic carbocycles. The maximum atomic E-state index is 13.5. The first-order chi connectivity index (χ1) is 17.3. The zero-order valence-corrected chi connectivity index (χ0v) is 22.1. The third-order valence-corrected chi connectivity index (χ3v) is 8.36. The lowest BCUT2D eigenvalue weighted by molar-refractivity contribution is 0.183. The zero-order chi connectivity index (χ0) is 25.9. The second-order valence-electron chi connectivity index (χ2n) is 8.56. The Morgan fingerprint density at radius 2 is 1.83 bits per heavy atom. The van der Waals surface area contributed by atoms with Crippen LogP contribution in [-0.4, -0.2) is 90.4 Å². The van der Waals surface area contributed by atoms with Gasteiger partial charge in [-0.2, -0.15) is 9.40 Å². The van der Waals surface area contributed by atoms with E-state index < -0.39 is 15.6 Å². The number of ether oxygens (including phenoxy) is 2. The third-order valence-electron chi connectivity index (χ3n) is 6.46. The van der Waals surface area contributed by atoms with Crippen LogP contribution in [-0.2, 0) is 27.7 Å². The molecule has 1 aliphatic heterocycles. The Balaban J connectivity index is 1.80. The van der Waals surface area contributed by atoms with Crippen LogP contribution in [0.1, 0.15) is 26.5 Å². The fourth-order valence-corrected chi connectivity index (χ4v) is 5.92. The fraction of sp³-hybridized carbons (Fsp3) is 0.542. The molecule has 0 unspecified atom stereocenters. The van der Waals surface area contributed by atoms with Gasteiger partial charge >= 0.3 is 0 Å². The highest BCUT2D eigenvalue weighted by Gasteiger charge is 2.29. The molecule has 3 aromatic rings. The summed E-state index contributed by atoms with van der Waals surface area (Å²) in [7, 11) is -2.12. The van der Waals surface area contributed by atoms with Gasteiger partial charge in [0.15, 0.2) is 5.52 Å². The number of sulfonamides is 1. The van der Waals surface area contributed by atoms with E-state index in [-0.39, 0.29) is 16.2 Å². The first-order valence-corrected chi connectivity index (χ1v) is 13.8. The first-order valence-electron chi connectivity index (χ1n) is 12.3. The molecule has 1 N–H and O–H groups in total. The van der Waals surface area contributed by atoms with E-state index in [0.29, 0.717) is 69.2 Å². The molecule has 1 aromatic carbocycles. The van der Waals surface area contributed by atoms with Crippen molar-refractivity contribution in [2.24, 2.45) is 0 Å². The molecule has 1 aliphatic rings. The minimum Gasteiger partial charge on any atom is -0.493 e. The molecule has 36 heavy (non-hydrogen) atoms. The average molecular weight is 519 g/mol. The van der Waals surface area contributed by atoms with E-state index in [0.717, 1.165) is 12.2 Å². The highest BCUT2D eigenvalue weighted by molar-refractivity contribution is 7.89. The monoisotopic (exact) mass is 518 g/mol. The van der Waals surface area contributed by atoms with Crippen molar-refractivity contribution in [3.8, 4) is 17.1 Å². The van der Waals surface area contributed by atoms with Crippen LogP contribution >= 0.6 is 0 Å². The predicted molar refractivity (Wildman–Crippen MR) is 137 cm³/mol. The standard InChI is InChI=1S/C24H34N6O5S/c1-5-19-21-22(27-30(19)14-15-34-4)24(31)26-23(25-21)18-16-17(8-9-20(18)35-7-3)36(32,33)29-12-10-28(6-2)11-13-29/h8-9,16H,5-7,10-15H2,1-4H3,(H,25,26,31). The number of nitrogens with one attached hydrogen (secondary N) is 1. The molecule has 196 valence electrons. The van der Waals surface area contributed by atoms with E-state index in [4.69, 9.17) is 14.5 Å². The molecule has 3 heterocycles. The van der Waals surface area contributed by atoms with Crippen molar-refractivity contribution < 1.29 is 17.9 Å². The largest absolute Gasteiger partial charge is 0.493 e. The van der Waals surface area contributed by atoms with Crippen LogP contribution < -0.4 is 10.3 Å². The SMILES string of the molecule is CCOc1ccc(S(=O)(=O)N2CCN(CC)CC2)cc1-c1nc2c(CC)n(CCOC)nc2c(=O)[nH]1. The Morgan fingerprint density at radius 3 is 2.47 bits per heavy atom. The number of benzene rings is 1. The maximum Gasteiger partial charge on any atom is 0.279 e. The summed E-state index contributed by atoms with van der Waals surface area (Å²) in [6, 6.07) is 4.71. The minimum atomic E-state index is -3.73. The number of aromatic amines is 1. The molecule has 11 nitrogen and oxygen atoms in total. The number of likely N-dealkylation sites (N-methyl/N-ethyl adjacent to an activating group) is 1. The molecule has 0 atom stereocenters. The molecular formula is C24H34N6O5S. The van der Waals surface area contributed by atoms with Crippen molar-refractivity contribution in [2.75, 3.05) is 53.0 Å². The molecule has 0 saturated carbocycles. The van der Waals surface area contributed by atoms with Crippen LogP contribution in [0.5, 0.6) is 5.75 Å². The van der Waals surface area contributed by atoms with Crippen LogP contribution in [0.15, 0.2) is 27.9 Å². The molecule has 0 amide bonds. The molecule has 2 aromatic heterocycles. The van der Waals surface area contributed by atoms with E-state index in [9.17, 15) is 13.2 Å². The number of hydrogen-bond acceptors (Lipinski definition) is 8. The van der Waals surface area contributed by atoms with Gasteiger partial charge in [0.1, 0.15) is 17.1 Å². The number of methoxy groups -OCH3 is 1. The van der Waals surface area contributed by atoms with Crippen LogP contribution in [0.2, 0.25) is 0 Å². The molecule has 0 bridgehead atoms. The smallest absolute Gasteiger partial charge is 0.279 e. The predicted octanol–water partition coefficient (Wildman–Crippen LogP) is 1.72. The normalized spacial score (nSPS) is 15.6. The quantitative estimate of drug-likeness (QED) is 0.431. The lowest BCUT2D eigenvalue weighted by Gasteiger charge is -2.33. The van der Waals surface area contributed by atoms with Gasteiger partial charge < -0.3 is 19.4 Å². The number of fused-ring (bicyclic) bond motifs is 1. The molecule has 0 spiro atoms. The lowest BCUT2D eigenvalue weighted by Crippen LogP contribution is -2.48. The van der Waals surface area contributed by atoms with Crippen LogP contribution in [0.4, 0.5) is 0 Å². The Bertz CT molecular complexity index is 1380. The molecule has 0 radical (unpaired) electrons. The van der Waals surface area contributed by atoms with Crippen molar-refractivity contribution in [1.82, 2.24) is 29.0 Å². The summed E-state index contributed by atoms with van der Waals surface area (Å²) in [5, 5.41) is 4.44. The Morgan fingerprint density at radius 1 is 1.08 bits per heavy atom. The van der Waals surface area contributed by atoms with E-state index >= 15 is 0 Å². The van der Waals surface area contributed by atoms with Gasteiger partial charge in [0.25, 0.3) is 5.56 Å². The van der Waals surface area contributed by atoms with Gasteiger partial charge in [0.05, 0.1) is 35.9 Å². The number of nitrogens with zero attached hydrogens (tertiary/aromatic N) is 5.